The first-order chi connectivity index (χ1) is 6.22. The summed E-state index contributed by atoms with van der Waals surface area (Å²) in [6.07, 6.45) is 1.64. The summed E-state index contributed by atoms with van der Waals surface area (Å²) in [5.74, 6) is 0. The van der Waals surface area contributed by atoms with Crippen molar-refractivity contribution in [2.45, 2.75) is 11.3 Å². The lowest BCUT2D eigenvalue weighted by atomic mass is 10.4. The van der Waals surface area contributed by atoms with Crippen LogP contribution in [0.25, 0.3) is 0 Å². The van der Waals surface area contributed by atoms with E-state index in [1.54, 1.807) is 26.0 Å². The molecule has 0 aliphatic carbocycles. The van der Waals surface area contributed by atoms with Crippen molar-refractivity contribution in [3.8, 4) is 0 Å². The average molecular weight is 202 g/mol. The fraction of sp³-hybridized carbons (Fsp3) is 0.625. The van der Waals surface area contributed by atoms with E-state index in [9.17, 15) is 0 Å². The average Bonchev–Trinajstić information content (AvgIpc) is 2.49. The van der Waals surface area contributed by atoms with Crippen molar-refractivity contribution < 1.29 is 9.47 Å². The maximum absolute atomic E-state index is 5.09. The predicted molar refractivity (Wildman–Crippen MR) is 51.7 cm³/mol. The van der Waals surface area contributed by atoms with E-state index in [4.69, 9.17) is 9.47 Å². The molecule has 0 saturated heterocycles. The molecule has 0 aliphatic rings. The van der Waals surface area contributed by atoms with Gasteiger partial charge in [0, 0.05) is 21.3 Å². The van der Waals surface area contributed by atoms with Crippen LogP contribution in [0.2, 0.25) is 0 Å². The van der Waals surface area contributed by atoms with Gasteiger partial charge >= 0.3 is 0 Å². The van der Waals surface area contributed by atoms with E-state index in [0.29, 0.717) is 0 Å². The Kier molecular flexibility index (Phi) is 3.77. The minimum atomic E-state index is -0.368. The molecule has 0 aliphatic heterocycles. The van der Waals surface area contributed by atoms with Crippen LogP contribution in [-0.2, 0) is 16.5 Å². The van der Waals surface area contributed by atoms with Crippen LogP contribution in [0.15, 0.2) is 11.1 Å². The van der Waals surface area contributed by atoms with Gasteiger partial charge in [-0.25, -0.2) is 0 Å². The molecule has 0 radical (unpaired) electrons. The van der Waals surface area contributed by atoms with Gasteiger partial charge in [0.1, 0.15) is 5.69 Å². The SMILES string of the molecule is COC(OC)c1cc(SC)n(C)n1. The second-order valence-electron chi connectivity index (χ2n) is 2.54. The van der Waals surface area contributed by atoms with Crippen LogP contribution in [-0.4, -0.2) is 30.3 Å². The monoisotopic (exact) mass is 202 g/mol. The molecule has 0 bridgehead atoms. The third kappa shape index (κ3) is 2.24. The summed E-state index contributed by atoms with van der Waals surface area (Å²) in [5, 5.41) is 5.36. The van der Waals surface area contributed by atoms with Crippen molar-refractivity contribution in [3.63, 3.8) is 0 Å². The molecule has 0 N–H and O–H groups in total. The molecule has 74 valence electrons. The fourth-order valence-corrected chi connectivity index (χ4v) is 1.66. The van der Waals surface area contributed by atoms with Crippen LogP contribution < -0.4 is 0 Å². The summed E-state index contributed by atoms with van der Waals surface area (Å²) < 4.78 is 12.0. The van der Waals surface area contributed by atoms with Crippen LogP contribution >= 0.6 is 11.8 Å². The molecule has 0 fully saturated rings. The van der Waals surface area contributed by atoms with E-state index < -0.39 is 0 Å². The molecule has 0 atom stereocenters. The van der Waals surface area contributed by atoms with Crippen molar-refractivity contribution in [2.75, 3.05) is 20.5 Å². The first-order valence-corrected chi connectivity index (χ1v) is 5.09. The van der Waals surface area contributed by atoms with Gasteiger partial charge in [0.05, 0.1) is 5.03 Å². The van der Waals surface area contributed by atoms with E-state index >= 15 is 0 Å². The van der Waals surface area contributed by atoms with Gasteiger partial charge in [0.2, 0.25) is 6.29 Å². The Labute approximate surface area is 82.2 Å². The number of hydrogen-bond donors (Lipinski definition) is 0. The number of aromatic nitrogens is 2. The fourth-order valence-electron chi connectivity index (χ4n) is 1.12. The van der Waals surface area contributed by atoms with Gasteiger partial charge in [-0.15, -0.1) is 11.8 Å². The van der Waals surface area contributed by atoms with Crippen molar-refractivity contribution in [3.05, 3.63) is 11.8 Å². The van der Waals surface area contributed by atoms with Gasteiger partial charge in [-0.3, -0.25) is 4.68 Å². The number of methoxy groups -OCH3 is 2. The van der Waals surface area contributed by atoms with Crippen LogP contribution in [0.5, 0.6) is 0 Å². The molecule has 0 spiro atoms. The number of ether oxygens (including phenoxy) is 2. The quantitative estimate of drug-likeness (QED) is 0.546. The van der Waals surface area contributed by atoms with Gasteiger partial charge in [-0.05, 0) is 12.3 Å². The molecule has 1 aromatic rings. The molecule has 0 aromatic carbocycles. The van der Waals surface area contributed by atoms with E-state index in [1.165, 1.54) is 0 Å². The predicted octanol–water partition coefficient (Wildman–Crippen LogP) is 1.43. The number of rotatable bonds is 4. The van der Waals surface area contributed by atoms with Crippen molar-refractivity contribution in [2.24, 2.45) is 7.05 Å². The lowest BCUT2D eigenvalue weighted by molar-refractivity contribution is -0.108. The summed E-state index contributed by atoms with van der Waals surface area (Å²) >= 11 is 1.64. The van der Waals surface area contributed by atoms with Gasteiger partial charge in [-0.2, -0.15) is 5.10 Å². The first-order valence-electron chi connectivity index (χ1n) is 3.86. The van der Waals surface area contributed by atoms with Crippen LogP contribution in [0.4, 0.5) is 0 Å². The summed E-state index contributed by atoms with van der Waals surface area (Å²) in [6.45, 7) is 0. The molecule has 4 nitrogen and oxygen atoms in total. The van der Waals surface area contributed by atoms with E-state index in [-0.39, 0.29) is 6.29 Å². The molecule has 0 unspecified atom stereocenters. The van der Waals surface area contributed by atoms with Gasteiger partial charge in [0.25, 0.3) is 0 Å². The van der Waals surface area contributed by atoms with Crippen molar-refractivity contribution in [1.82, 2.24) is 9.78 Å². The Morgan fingerprint density at radius 3 is 2.46 bits per heavy atom. The highest BCUT2D eigenvalue weighted by atomic mass is 32.2. The summed E-state index contributed by atoms with van der Waals surface area (Å²) in [4.78, 5) is 0. The number of aryl methyl sites for hydroxylation is 1. The summed E-state index contributed by atoms with van der Waals surface area (Å²) in [6, 6.07) is 1.96. The Morgan fingerprint density at radius 1 is 1.46 bits per heavy atom. The topological polar surface area (TPSA) is 36.3 Å². The molecule has 1 heterocycles. The normalized spacial score (nSPS) is 11.2. The second kappa shape index (κ2) is 4.64. The third-order valence-corrected chi connectivity index (χ3v) is 2.53. The zero-order valence-electron chi connectivity index (χ0n) is 8.27. The highest BCUT2D eigenvalue weighted by Crippen LogP contribution is 2.21. The Hall–Kier alpha value is -0.520. The smallest absolute Gasteiger partial charge is 0.202 e. The zero-order chi connectivity index (χ0) is 9.84. The second-order valence-corrected chi connectivity index (χ2v) is 3.37. The van der Waals surface area contributed by atoms with Crippen LogP contribution in [0.3, 0.4) is 0 Å². The minimum absolute atomic E-state index is 0.368. The van der Waals surface area contributed by atoms with Crippen molar-refractivity contribution >= 4 is 11.8 Å². The van der Waals surface area contributed by atoms with Gasteiger partial charge in [0.15, 0.2) is 0 Å². The lowest BCUT2D eigenvalue weighted by Gasteiger charge is -2.08. The number of nitrogens with zero attached hydrogens (tertiary/aromatic N) is 2. The summed E-state index contributed by atoms with van der Waals surface area (Å²) in [5.41, 5.74) is 0.803. The maximum Gasteiger partial charge on any atom is 0.202 e. The molecule has 1 aromatic heterocycles. The van der Waals surface area contributed by atoms with Crippen LogP contribution in [0, 0.1) is 0 Å². The molecule has 0 amide bonds. The minimum Gasteiger partial charge on any atom is -0.350 e. The standard InChI is InChI=1S/C8H14N2O2S/c1-10-7(13-4)5-6(9-10)8(11-2)12-3/h5,8H,1-4H3. The van der Waals surface area contributed by atoms with E-state index in [1.807, 2.05) is 24.1 Å². The highest BCUT2D eigenvalue weighted by Gasteiger charge is 2.14. The lowest BCUT2D eigenvalue weighted by Crippen LogP contribution is -2.05. The Morgan fingerprint density at radius 2 is 2.08 bits per heavy atom. The Balaban J connectivity index is 2.88. The molecular weight excluding hydrogens is 188 g/mol. The Bertz CT molecular complexity index is 271. The molecule has 5 heteroatoms. The highest BCUT2D eigenvalue weighted by molar-refractivity contribution is 7.98. The van der Waals surface area contributed by atoms with Gasteiger partial charge < -0.3 is 9.47 Å². The van der Waals surface area contributed by atoms with Crippen LogP contribution in [0.1, 0.15) is 12.0 Å². The molecular formula is C8H14N2O2S. The van der Waals surface area contributed by atoms with E-state index in [0.717, 1.165) is 10.7 Å². The largest absolute Gasteiger partial charge is 0.350 e. The van der Waals surface area contributed by atoms with E-state index in [2.05, 4.69) is 5.10 Å². The summed E-state index contributed by atoms with van der Waals surface area (Å²) in [7, 11) is 5.10. The third-order valence-electron chi connectivity index (χ3n) is 1.73. The van der Waals surface area contributed by atoms with Gasteiger partial charge in [-0.1, -0.05) is 0 Å². The number of thioether (sulfide) groups is 1. The van der Waals surface area contributed by atoms with Crippen molar-refractivity contribution in [1.29, 1.82) is 0 Å². The maximum atomic E-state index is 5.09. The molecule has 0 saturated carbocycles. The molecule has 13 heavy (non-hydrogen) atoms. The zero-order valence-corrected chi connectivity index (χ0v) is 9.09. The molecule has 1 rings (SSSR count). The first kappa shape index (κ1) is 10.6. The number of hydrogen-bond acceptors (Lipinski definition) is 4.